The quantitative estimate of drug-likeness (QED) is 0.0540. The Balaban J connectivity index is 1.28. The van der Waals surface area contributed by atoms with E-state index in [1.165, 1.54) is 0 Å². The molecule has 0 heterocycles. The summed E-state index contributed by atoms with van der Waals surface area (Å²) in [7, 11) is 6.57. The number of carbonyl (C=O) groups excluding carboxylic acids is 3. The first-order chi connectivity index (χ1) is 23.1. The number of ketones is 1. The Hall–Kier alpha value is -5.08. The number of carbonyl (C=O) groups is 3. The van der Waals surface area contributed by atoms with Crippen LogP contribution in [0.25, 0.3) is 0 Å². The molecular weight excluding hydrogens is 623 g/mol. The van der Waals surface area contributed by atoms with Crippen molar-refractivity contribution in [2.24, 2.45) is 10.2 Å². The fraction of sp³-hybridized carbons (Fsp3) is 0.270. The van der Waals surface area contributed by atoms with E-state index in [0.717, 1.165) is 41.5 Å². The molecule has 0 spiro atoms. The normalized spacial score (nSPS) is 11.6. The zero-order chi connectivity index (χ0) is 34.5. The second-order valence-corrected chi connectivity index (χ2v) is 12.2. The van der Waals surface area contributed by atoms with Crippen molar-refractivity contribution in [1.82, 2.24) is 10.6 Å². The van der Waals surface area contributed by atoms with Gasteiger partial charge in [0.2, 0.25) is 0 Å². The van der Waals surface area contributed by atoms with E-state index in [4.69, 9.17) is 10.5 Å². The van der Waals surface area contributed by atoms with Gasteiger partial charge in [-0.25, -0.2) is 0 Å². The summed E-state index contributed by atoms with van der Waals surface area (Å²) in [5.41, 5.74) is 10.5. The molecule has 0 radical (unpaired) electrons. The minimum Gasteiger partial charge on any atom is -0.485 e. The van der Waals surface area contributed by atoms with E-state index in [0.29, 0.717) is 41.2 Å². The molecule has 10 nitrogen and oxygen atoms in total. The number of nitrogens with one attached hydrogen (secondary N) is 2. The van der Waals surface area contributed by atoms with Crippen molar-refractivity contribution < 1.29 is 19.1 Å². The van der Waals surface area contributed by atoms with Gasteiger partial charge in [-0.2, -0.15) is 10.2 Å². The predicted molar refractivity (Wildman–Crippen MR) is 195 cm³/mol. The second kappa shape index (κ2) is 17.7. The highest BCUT2D eigenvalue weighted by Gasteiger charge is 2.22. The smallest absolute Gasteiger partial charge is 0.251 e. The maximum absolute atomic E-state index is 13.2. The van der Waals surface area contributed by atoms with Crippen LogP contribution in [0.1, 0.15) is 58.9 Å². The molecule has 4 N–H and O–H groups in total. The van der Waals surface area contributed by atoms with Gasteiger partial charge in [0.25, 0.3) is 11.8 Å². The van der Waals surface area contributed by atoms with Crippen molar-refractivity contribution in [2.75, 3.05) is 31.3 Å². The summed E-state index contributed by atoms with van der Waals surface area (Å²) in [6, 6.07) is 26.1. The van der Waals surface area contributed by atoms with Crippen molar-refractivity contribution in [3.63, 3.8) is 0 Å². The average Bonchev–Trinajstić information content (AvgIpc) is 3.09. The highest BCUT2D eigenvalue weighted by molar-refractivity contribution is 7.27. The minimum absolute atomic E-state index is 0.191. The highest BCUT2D eigenvalue weighted by Crippen LogP contribution is 2.22. The number of ether oxygens (including phenoxy) is 1. The Morgan fingerprint density at radius 1 is 0.854 bits per heavy atom. The number of amides is 2. The largest absolute Gasteiger partial charge is 0.485 e. The molecule has 2 amide bonds. The van der Waals surface area contributed by atoms with E-state index < -0.39 is 6.04 Å². The van der Waals surface area contributed by atoms with E-state index in [2.05, 4.69) is 37.0 Å². The molecule has 0 fully saturated rings. The number of unbranched alkanes of at least 4 members (excludes halogenated alkanes) is 2. The third-order valence-corrected chi connectivity index (χ3v) is 8.06. The van der Waals surface area contributed by atoms with Crippen LogP contribution in [0.3, 0.4) is 0 Å². The topological polar surface area (TPSA) is 138 Å². The Morgan fingerprint density at radius 2 is 1.54 bits per heavy atom. The van der Waals surface area contributed by atoms with Crippen LogP contribution in [0.15, 0.2) is 101 Å². The number of Topliss-reactive ketones (excluding diaryl/α,β-unsaturated/α-hetero) is 1. The van der Waals surface area contributed by atoms with Crippen molar-refractivity contribution in [3.05, 3.63) is 108 Å². The van der Waals surface area contributed by atoms with E-state index in [1.807, 2.05) is 55.4 Å². The number of hydrogen-bond donors (Lipinski definition) is 3. The van der Waals surface area contributed by atoms with Gasteiger partial charge < -0.3 is 26.0 Å². The number of rotatable bonds is 16. The Labute approximate surface area is 284 Å². The molecule has 0 aliphatic carbocycles. The molecule has 250 valence electrons. The maximum Gasteiger partial charge on any atom is 0.251 e. The van der Waals surface area contributed by atoms with Crippen LogP contribution in [0.5, 0.6) is 5.75 Å². The molecule has 0 aliphatic heterocycles. The van der Waals surface area contributed by atoms with Crippen LogP contribution in [0.4, 0.5) is 22.7 Å². The molecule has 0 saturated heterocycles. The van der Waals surface area contributed by atoms with Gasteiger partial charge in [-0.05, 0) is 90.8 Å². The molecule has 11 heteroatoms. The number of nitrogen functional groups attached to an aromatic ring is 1. The van der Waals surface area contributed by atoms with E-state index in [1.54, 1.807) is 54.6 Å². The van der Waals surface area contributed by atoms with E-state index in [-0.39, 0.29) is 24.2 Å². The molecule has 48 heavy (non-hydrogen) atoms. The van der Waals surface area contributed by atoms with Gasteiger partial charge in [-0.1, -0.05) is 38.3 Å². The monoisotopic (exact) mass is 666 g/mol. The summed E-state index contributed by atoms with van der Waals surface area (Å²) in [4.78, 5) is 40.8. The SMILES string of the molecule is CCCCC[C@H](NC(=O)c1cccc(N)c1)C(=O)COc1ccc(CNC(=O)c2ccc(/N=N/c3ccc(N(C)C)cc3)cc2)cc1P. The lowest BCUT2D eigenvalue weighted by atomic mass is 10.0. The van der Waals surface area contributed by atoms with E-state index >= 15 is 0 Å². The summed E-state index contributed by atoms with van der Waals surface area (Å²) in [6.45, 7) is 2.20. The number of azo groups is 1. The summed E-state index contributed by atoms with van der Waals surface area (Å²) in [5, 5.41) is 15.1. The molecule has 0 bridgehead atoms. The third kappa shape index (κ3) is 10.7. The molecular formula is C37H43N6O4P. The third-order valence-electron chi connectivity index (χ3n) is 7.61. The summed E-state index contributed by atoms with van der Waals surface area (Å²) in [5.74, 6) is -0.256. The summed E-state index contributed by atoms with van der Waals surface area (Å²) >= 11 is 0. The second-order valence-electron chi connectivity index (χ2n) is 11.6. The van der Waals surface area contributed by atoms with Crippen molar-refractivity contribution in [3.8, 4) is 5.75 Å². The van der Waals surface area contributed by atoms with E-state index in [9.17, 15) is 14.4 Å². The number of benzene rings is 4. The first kappa shape index (κ1) is 35.8. The van der Waals surface area contributed by atoms with Gasteiger partial charge in [0.15, 0.2) is 5.78 Å². The van der Waals surface area contributed by atoms with Gasteiger partial charge >= 0.3 is 0 Å². The Morgan fingerprint density at radius 3 is 2.17 bits per heavy atom. The van der Waals surface area contributed by atoms with Crippen LogP contribution in [-0.4, -0.2) is 44.3 Å². The molecule has 4 aromatic rings. The first-order valence-corrected chi connectivity index (χ1v) is 16.5. The lowest BCUT2D eigenvalue weighted by Gasteiger charge is -2.19. The zero-order valence-corrected chi connectivity index (χ0v) is 28.8. The number of nitrogens with zero attached hydrogens (tertiary/aromatic N) is 3. The van der Waals surface area contributed by atoms with Crippen LogP contribution in [0, 0.1) is 0 Å². The van der Waals surface area contributed by atoms with Crippen LogP contribution in [-0.2, 0) is 11.3 Å². The molecule has 1 unspecified atom stereocenters. The minimum atomic E-state index is -0.675. The average molecular weight is 667 g/mol. The number of nitrogens with two attached hydrogens (primary N) is 1. The fourth-order valence-corrected chi connectivity index (χ4v) is 5.21. The van der Waals surface area contributed by atoms with Crippen molar-refractivity contribution in [1.29, 1.82) is 0 Å². The molecule has 4 rings (SSSR count). The van der Waals surface area contributed by atoms with Gasteiger partial charge in [0.1, 0.15) is 12.4 Å². The Bertz CT molecular complexity index is 1730. The molecule has 4 aromatic carbocycles. The summed E-state index contributed by atoms with van der Waals surface area (Å²) < 4.78 is 5.87. The fourth-order valence-electron chi connectivity index (χ4n) is 4.82. The van der Waals surface area contributed by atoms with Gasteiger partial charge in [0, 0.05) is 48.4 Å². The van der Waals surface area contributed by atoms with Gasteiger partial charge in [-0.15, -0.1) is 9.24 Å². The number of anilines is 2. The van der Waals surface area contributed by atoms with Crippen molar-refractivity contribution >= 4 is 54.9 Å². The zero-order valence-electron chi connectivity index (χ0n) is 27.6. The van der Waals surface area contributed by atoms with Crippen molar-refractivity contribution in [2.45, 2.75) is 45.2 Å². The molecule has 2 atom stereocenters. The standard InChI is InChI=1S/C37H43N6O4P/c1-4-5-6-10-32(40-37(46)27-8-7-9-28(38)22-27)33(44)24-47-34-20-11-25(21-35(34)48)23-39-36(45)26-12-14-29(15-13-26)41-42-30-16-18-31(19-17-30)43(2)3/h7-9,11-22,32H,4-6,10,23-24,38,48H2,1-3H3,(H,39,45)(H,40,46)/b42-41+/t32-/m0/s1. The van der Waals surface area contributed by atoms with Crippen LogP contribution < -0.4 is 31.3 Å². The molecule has 0 aliphatic rings. The molecule has 0 aromatic heterocycles. The highest BCUT2D eigenvalue weighted by atomic mass is 31.0. The lowest BCUT2D eigenvalue weighted by molar-refractivity contribution is -0.123. The van der Waals surface area contributed by atoms with Crippen LogP contribution in [0.2, 0.25) is 0 Å². The first-order valence-electron chi connectivity index (χ1n) is 15.9. The number of hydrogen-bond acceptors (Lipinski definition) is 8. The van der Waals surface area contributed by atoms with Gasteiger partial charge in [0.05, 0.1) is 17.4 Å². The van der Waals surface area contributed by atoms with Crippen LogP contribution >= 0.6 is 9.24 Å². The summed E-state index contributed by atoms with van der Waals surface area (Å²) in [6.07, 6.45) is 3.28. The predicted octanol–water partition coefficient (Wildman–Crippen LogP) is 6.51. The molecule has 0 saturated carbocycles. The maximum atomic E-state index is 13.2. The van der Waals surface area contributed by atoms with Gasteiger partial charge in [-0.3, -0.25) is 14.4 Å². The lowest BCUT2D eigenvalue weighted by Crippen LogP contribution is -2.43. The Kier molecular flexibility index (Phi) is 13.2.